The number of methoxy groups -OCH3 is 1. The Bertz CT molecular complexity index is 684. The van der Waals surface area contributed by atoms with Crippen molar-refractivity contribution < 1.29 is 14.3 Å². The molecular weight excluding hydrogens is 328 g/mol. The Morgan fingerprint density at radius 1 is 1.12 bits per heavy atom. The minimum atomic E-state index is -0.136. The number of amides is 1. The zero-order chi connectivity index (χ0) is 18.8. The van der Waals surface area contributed by atoms with Crippen LogP contribution in [0.4, 0.5) is 5.69 Å². The maximum absolute atomic E-state index is 12.3. The van der Waals surface area contributed by atoms with Crippen molar-refractivity contribution in [1.82, 2.24) is 5.32 Å². The summed E-state index contributed by atoms with van der Waals surface area (Å²) in [6.45, 7) is 6.50. The molecule has 26 heavy (non-hydrogen) atoms. The number of carbonyl (C=O) groups excluding carboxylic acids is 1. The van der Waals surface area contributed by atoms with E-state index in [9.17, 15) is 4.79 Å². The van der Waals surface area contributed by atoms with Gasteiger partial charge in [-0.3, -0.25) is 4.79 Å². The number of hydrogen-bond acceptors (Lipinski definition) is 4. The van der Waals surface area contributed by atoms with E-state index < -0.39 is 0 Å². The molecule has 0 saturated heterocycles. The summed E-state index contributed by atoms with van der Waals surface area (Å²) in [6, 6.07) is 14.9. The predicted octanol–water partition coefficient (Wildman–Crippen LogP) is 3.85. The minimum Gasteiger partial charge on any atom is -0.497 e. The van der Waals surface area contributed by atoms with Gasteiger partial charge in [0.05, 0.1) is 13.2 Å². The highest BCUT2D eigenvalue weighted by Crippen LogP contribution is 2.15. The Morgan fingerprint density at radius 3 is 2.58 bits per heavy atom. The van der Waals surface area contributed by atoms with Crippen molar-refractivity contribution >= 4 is 11.6 Å². The van der Waals surface area contributed by atoms with Crippen LogP contribution in [0.5, 0.6) is 5.75 Å². The van der Waals surface area contributed by atoms with Gasteiger partial charge in [0.25, 0.3) is 5.91 Å². The molecule has 0 saturated carbocycles. The van der Waals surface area contributed by atoms with E-state index in [0.717, 1.165) is 43.1 Å². The lowest BCUT2D eigenvalue weighted by Crippen LogP contribution is -2.17. The third-order valence-electron chi connectivity index (χ3n) is 3.82. The fourth-order valence-electron chi connectivity index (χ4n) is 2.45. The maximum atomic E-state index is 12.3. The van der Waals surface area contributed by atoms with Gasteiger partial charge in [-0.15, -0.1) is 0 Å². The summed E-state index contributed by atoms with van der Waals surface area (Å²) in [7, 11) is 1.60. The van der Waals surface area contributed by atoms with Crippen molar-refractivity contribution in [2.45, 2.75) is 32.9 Å². The Hall–Kier alpha value is -2.37. The average Bonchev–Trinajstić information content (AvgIpc) is 2.64. The lowest BCUT2D eigenvalue weighted by Gasteiger charge is -2.10. The molecule has 0 heterocycles. The van der Waals surface area contributed by atoms with E-state index >= 15 is 0 Å². The fourth-order valence-corrected chi connectivity index (χ4v) is 2.45. The molecule has 2 aromatic rings. The predicted molar refractivity (Wildman–Crippen MR) is 105 cm³/mol. The molecule has 0 aliphatic heterocycles. The molecule has 0 radical (unpaired) electrons. The van der Waals surface area contributed by atoms with Crippen molar-refractivity contribution in [2.24, 2.45) is 0 Å². The number of carbonyl (C=O) groups is 1. The average molecular weight is 356 g/mol. The van der Waals surface area contributed by atoms with E-state index in [1.807, 2.05) is 38.1 Å². The zero-order valence-electron chi connectivity index (χ0n) is 15.7. The van der Waals surface area contributed by atoms with Crippen molar-refractivity contribution in [1.29, 1.82) is 0 Å². The molecule has 140 valence electrons. The number of ether oxygens (including phenoxy) is 2. The van der Waals surface area contributed by atoms with Gasteiger partial charge in [0.2, 0.25) is 0 Å². The van der Waals surface area contributed by atoms with Gasteiger partial charge in [0.15, 0.2) is 0 Å². The van der Waals surface area contributed by atoms with Crippen molar-refractivity contribution in [3.63, 3.8) is 0 Å². The van der Waals surface area contributed by atoms with E-state index in [-0.39, 0.29) is 12.0 Å². The lowest BCUT2D eigenvalue weighted by atomic mass is 10.1. The molecule has 2 N–H and O–H groups in total. The van der Waals surface area contributed by atoms with Crippen molar-refractivity contribution in [3.05, 3.63) is 59.7 Å². The van der Waals surface area contributed by atoms with Crippen LogP contribution in [0, 0.1) is 0 Å². The van der Waals surface area contributed by atoms with Crippen LogP contribution in [0.25, 0.3) is 0 Å². The van der Waals surface area contributed by atoms with E-state index in [1.165, 1.54) is 0 Å². The fraction of sp³-hybridized carbons (Fsp3) is 0.381. The van der Waals surface area contributed by atoms with Gasteiger partial charge in [-0.1, -0.05) is 12.1 Å². The molecule has 5 heteroatoms. The summed E-state index contributed by atoms with van der Waals surface area (Å²) in [5.41, 5.74) is 2.51. The number of benzene rings is 2. The van der Waals surface area contributed by atoms with Crippen LogP contribution in [0.15, 0.2) is 48.5 Å². The number of anilines is 1. The second-order valence-corrected chi connectivity index (χ2v) is 6.33. The highest BCUT2D eigenvalue weighted by molar-refractivity contribution is 6.04. The summed E-state index contributed by atoms with van der Waals surface area (Å²) in [5.74, 6) is 0.594. The second-order valence-electron chi connectivity index (χ2n) is 6.33. The molecule has 0 aliphatic carbocycles. The van der Waals surface area contributed by atoms with Crippen LogP contribution in [0.1, 0.15) is 36.2 Å². The smallest absolute Gasteiger partial charge is 0.255 e. The van der Waals surface area contributed by atoms with E-state index in [1.54, 1.807) is 31.4 Å². The second kappa shape index (κ2) is 10.6. The molecule has 0 unspecified atom stereocenters. The van der Waals surface area contributed by atoms with Gasteiger partial charge in [0, 0.05) is 24.4 Å². The van der Waals surface area contributed by atoms with Crippen LogP contribution >= 0.6 is 0 Å². The zero-order valence-corrected chi connectivity index (χ0v) is 15.7. The molecule has 2 rings (SSSR count). The lowest BCUT2D eigenvalue weighted by molar-refractivity contribution is 0.0770. The van der Waals surface area contributed by atoms with E-state index in [0.29, 0.717) is 5.56 Å². The Kier molecular flexibility index (Phi) is 8.12. The van der Waals surface area contributed by atoms with Gasteiger partial charge in [-0.25, -0.2) is 0 Å². The number of hydrogen-bond donors (Lipinski definition) is 2. The standard InChI is InChI=1S/C21H28N2O3/c1-16(2)26-13-5-12-22-15-17-6-4-7-19(14-17)23-21(24)18-8-10-20(25-3)11-9-18/h4,6-11,14,16,22H,5,12-13,15H2,1-3H3,(H,23,24). The molecule has 0 spiro atoms. The van der Waals surface area contributed by atoms with E-state index in [4.69, 9.17) is 9.47 Å². The summed E-state index contributed by atoms with van der Waals surface area (Å²) < 4.78 is 10.6. The molecule has 0 bridgehead atoms. The van der Waals surface area contributed by atoms with Gasteiger partial charge >= 0.3 is 0 Å². The highest BCUT2D eigenvalue weighted by atomic mass is 16.5. The monoisotopic (exact) mass is 356 g/mol. The van der Waals surface area contributed by atoms with Gasteiger partial charge < -0.3 is 20.1 Å². The van der Waals surface area contributed by atoms with Crippen LogP contribution in [0.2, 0.25) is 0 Å². The number of rotatable bonds is 10. The van der Waals surface area contributed by atoms with Crippen LogP contribution < -0.4 is 15.4 Å². The first-order valence-corrected chi connectivity index (χ1v) is 8.95. The van der Waals surface area contributed by atoms with E-state index in [2.05, 4.69) is 10.6 Å². The first kappa shape index (κ1) is 19.9. The van der Waals surface area contributed by atoms with Crippen LogP contribution in [0.3, 0.4) is 0 Å². The Balaban J connectivity index is 1.81. The topological polar surface area (TPSA) is 59.6 Å². The van der Waals surface area contributed by atoms with Gasteiger partial charge in [-0.05, 0) is 68.8 Å². The Labute approximate surface area is 155 Å². The first-order valence-electron chi connectivity index (χ1n) is 8.95. The van der Waals surface area contributed by atoms with Crippen molar-refractivity contribution in [3.8, 4) is 5.75 Å². The molecule has 5 nitrogen and oxygen atoms in total. The molecule has 0 fully saturated rings. The summed E-state index contributed by atoms with van der Waals surface area (Å²) >= 11 is 0. The molecule has 0 atom stereocenters. The molecule has 1 amide bonds. The van der Waals surface area contributed by atoms with Gasteiger partial charge in [0.1, 0.15) is 5.75 Å². The summed E-state index contributed by atoms with van der Waals surface area (Å²) in [5, 5.41) is 6.33. The SMILES string of the molecule is COc1ccc(C(=O)Nc2cccc(CNCCCOC(C)C)c2)cc1. The molecule has 0 aliphatic rings. The molecule has 2 aromatic carbocycles. The summed E-state index contributed by atoms with van der Waals surface area (Å²) in [6.07, 6.45) is 1.26. The first-order chi connectivity index (χ1) is 12.6. The number of nitrogens with one attached hydrogen (secondary N) is 2. The Morgan fingerprint density at radius 2 is 1.88 bits per heavy atom. The molecule has 0 aromatic heterocycles. The minimum absolute atomic E-state index is 0.136. The normalized spacial score (nSPS) is 10.8. The highest BCUT2D eigenvalue weighted by Gasteiger charge is 2.06. The van der Waals surface area contributed by atoms with Crippen molar-refractivity contribution in [2.75, 3.05) is 25.6 Å². The maximum Gasteiger partial charge on any atom is 0.255 e. The largest absolute Gasteiger partial charge is 0.497 e. The van der Waals surface area contributed by atoms with Crippen LogP contribution in [-0.2, 0) is 11.3 Å². The third-order valence-corrected chi connectivity index (χ3v) is 3.82. The quantitative estimate of drug-likeness (QED) is 0.635. The summed E-state index contributed by atoms with van der Waals surface area (Å²) in [4.78, 5) is 12.3. The third kappa shape index (κ3) is 6.86. The van der Waals surface area contributed by atoms with Crippen LogP contribution in [-0.4, -0.2) is 32.3 Å². The molecular formula is C21H28N2O3. The van der Waals surface area contributed by atoms with Gasteiger partial charge in [-0.2, -0.15) is 0 Å².